The van der Waals surface area contributed by atoms with Crippen LogP contribution in [0, 0.1) is 11.8 Å². The van der Waals surface area contributed by atoms with Crippen molar-refractivity contribution < 1.29 is 18.0 Å². The van der Waals surface area contributed by atoms with Crippen molar-refractivity contribution in [2.45, 2.75) is 39.4 Å². The number of fused-ring (bicyclic) bond motifs is 1. The predicted octanol–water partition coefficient (Wildman–Crippen LogP) is 5.67. The number of rotatable bonds is 7. The second-order valence-electron chi connectivity index (χ2n) is 9.19. The third-order valence-corrected chi connectivity index (χ3v) is 5.86. The van der Waals surface area contributed by atoms with E-state index in [-0.39, 0.29) is 29.7 Å². The Kier molecular flexibility index (Phi) is 6.66. The highest BCUT2D eigenvalue weighted by atomic mass is 19.1. The molecule has 11 heteroatoms. The van der Waals surface area contributed by atoms with E-state index < -0.39 is 18.0 Å². The fourth-order valence-electron chi connectivity index (χ4n) is 4.22. The molecule has 5 rings (SSSR count). The molecule has 1 atom stereocenters. The largest absolute Gasteiger partial charge is 0.323 e. The first-order valence-corrected chi connectivity index (χ1v) is 12.0. The number of nitrogens with zero attached hydrogens (tertiary/aromatic N) is 6. The number of halogens is 3. The summed E-state index contributed by atoms with van der Waals surface area (Å²) in [5.74, 6) is -0.823. The van der Waals surface area contributed by atoms with Crippen LogP contribution in [0.3, 0.4) is 0 Å². The summed E-state index contributed by atoms with van der Waals surface area (Å²) < 4.78 is 44.7. The highest BCUT2D eigenvalue weighted by Crippen LogP contribution is 2.35. The molecule has 0 aliphatic heterocycles. The molecule has 1 unspecified atom stereocenters. The van der Waals surface area contributed by atoms with Crippen LogP contribution >= 0.6 is 0 Å². The minimum Gasteiger partial charge on any atom is -0.323 e. The van der Waals surface area contributed by atoms with Gasteiger partial charge in [-0.25, -0.2) is 28.2 Å². The number of nitrogens with one attached hydrogen (secondary N) is 1. The Balaban J connectivity index is 1.59. The quantitative estimate of drug-likeness (QED) is 0.280. The number of carbonyl (C=O) groups is 1. The molecule has 1 amide bonds. The molecule has 1 N–H and O–H groups in total. The number of anilines is 1. The molecule has 4 heterocycles. The Morgan fingerprint density at radius 1 is 1.03 bits per heavy atom. The van der Waals surface area contributed by atoms with Gasteiger partial charge in [-0.15, -0.1) is 0 Å². The van der Waals surface area contributed by atoms with Crippen LogP contribution in [0.25, 0.3) is 28.3 Å². The number of imidazole rings is 2. The molecular weight excluding hydrogens is 495 g/mol. The first kappa shape index (κ1) is 25.1. The third kappa shape index (κ3) is 4.99. The zero-order chi connectivity index (χ0) is 27.0. The van der Waals surface area contributed by atoms with E-state index in [1.807, 2.05) is 13.8 Å². The number of carbonyl (C=O) groups excluding carboxylic acids is 1. The van der Waals surface area contributed by atoms with Crippen LogP contribution in [0.2, 0.25) is 0 Å². The maximum absolute atomic E-state index is 14.3. The van der Waals surface area contributed by atoms with Crippen LogP contribution in [0.5, 0.6) is 0 Å². The van der Waals surface area contributed by atoms with E-state index in [9.17, 15) is 18.0 Å². The van der Waals surface area contributed by atoms with Crippen LogP contribution in [0.15, 0.2) is 60.9 Å². The predicted molar refractivity (Wildman–Crippen MR) is 136 cm³/mol. The van der Waals surface area contributed by atoms with Gasteiger partial charge in [-0.3, -0.25) is 4.79 Å². The van der Waals surface area contributed by atoms with Gasteiger partial charge >= 0.3 is 0 Å². The molecule has 0 bridgehead atoms. The number of aromatic nitrogens is 6. The van der Waals surface area contributed by atoms with Crippen molar-refractivity contribution in [3.8, 4) is 22.6 Å². The number of hydrogen-bond acceptors (Lipinski definition) is 5. The lowest BCUT2D eigenvalue weighted by atomic mass is 10.1. The number of hydrogen-bond donors (Lipinski definition) is 1. The molecule has 0 aliphatic rings. The van der Waals surface area contributed by atoms with Gasteiger partial charge < -0.3 is 9.88 Å². The van der Waals surface area contributed by atoms with Crippen molar-refractivity contribution in [1.29, 1.82) is 0 Å². The standard InChI is InChI=1S/C27H24F3N7O/c1-15(2)26-34-24(17-4-6-19(29)7-5-17)25(36(26)13-16(3)28)20-8-9-23-32-22(14-37(23)35-20)33-27(38)18-10-11-31-21(30)12-18/h4-12,14-16H,13H2,1-3H3,(H,33,38). The molecule has 0 radical (unpaired) electrons. The van der Waals surface area contributed by atoms with Crippen molar-refractivity contribution in [3.05, 3.63) is 84.1 Å². The van der Waals surface area contributed by atoms with E-state index in [0.717, 1.165) is 6.07 Å². The smallest absolute Gasteiger partial charge is 0.257 e. The molecule has 38 heavy (non-hydrogen) atoms. The third-order valence-electron chi connectivity index (χ3n) is 5.86. The maximum atomic E-state index is 14.3. The van der Waals surface area contributed by atoms with E-state index in [4.69, 9.17) is 4.98 Å². The fourth-order valence-corrected chi connectivity index (χ4v) is 4.22. The Bertz CT molecular complexity index is 1620. The Hall–Kier alpha value is -4.54. The Labute approximate surface area is 216 Å². The monoisotopic (exact) mass is 519 g/mol. The topological polar surface area (TPSA) is 90.0 Å². The Morgan fingerprint density at radius 3 is 2.47 bits per heavy atom. The van der Waals surface area contributed by atoms with Gasteiger partial charge in [0.05, 0.1) is 24.1 Å². The van der Waals surface area contributed by atoms with Crippen molar-refractivity contribution in [2.75, 3.05) is 5.32 Å². The van der Waals surface area contributed by atoms with Crippen LogP contribution in [-0.4, -0.2) is 41.2 Å². The molecule has 4 aromatic heterocycles. The molecule has 0 spiro atoms. The van der Waals surface area contributed by atoms with Crippen molar-refractivity contribution in [2.24, 2.45) is 0 Å². The summed E-state index contributed by atoms with van der Waals surface area (Å²) in [6.07, 6.45) is 1.57. The normalized spacial score (nSPS) is 12.3. The number of pyridine rings is 1. The van der Waals surface area contributed by atoms with Crippen molar-refractivity contribution in [3.63, 3.8) is 0 Å². The minimum absolute atomic E-state index is 0.0153. The van der Waals surface area contributed by atoms with Crippen LogP contribution < -0.4 is 5.32 Å². The van der Waals surface area contributed by atoms with Crippen molar-refractivity contribution >= 4 is 17.4 Å². The van der Waals surface area contributed by atoms with E-state index in [1.54, 1.807) is 28.8 Å². The number of benzene rings is 1. The van der Waals surface area contributed by atoms with Gasteiger partial charge in [0.1, 0.15) is 23.5 Å². The molecule has 8 nitrogen and oxygen atoms in total. The molecular formula is C27H24F3N7O. The molecule has 0 saturated heterocycles. The van der Waals surface area contributed by atoms with Gasteiger partial charge in [0.25, 0.3) is 5.91 Å². The molecule has 0 fully saturated rings. The lowest BCUT2D eigenvalue weighted by Crippen LogP contribution is -2.14. The average molecular weight is 520 g/mol. The fraction of sp³-hybridized carbons (Fsp3) is 0.222. The first-order valence-electron chi connectivity index (χ1n) is 12.0. The van der Waals surface area contributed by atoms with Crippen molar-refractivity contribution in [1.82, 2.24) is 29.1 Å². The SMILES string of the molecule is CC(F)Cn1c(C(C)C)nc(-c2ccc(F)cc2)c1-c1ccc2nc(NC(=O)c3ccnc(F)c3)cn2n1. The van der Waals surface area contributed by atoms with Crippen LogP contribution in [-0.2, 0) is 6.54 Å². The molecule has 5 aromatic rings. The Morgan fingerprint density at radius 2 is 1.79 bits per heavy atom. The zero-order valence-electron chi connectivity index (χ0n) is 20.9. The summed E-state index contributed by atoms with van der Waals surface area (Å²) in [5, 5.41) is 7.31. The minimum atomic E-state index is -1.15. The summed E-state index contributed by atoms with van der Waals surface area (Å²) in [7, 11) is 0. The summed E-state index contributed by atoms with van der Waals surface area (Å²) >= 11 is 0. The first-order chi connectivity index (χ1) is 18.2. The van der Waals surface area contributed by atoms with Gasteiger partial charge in [-0.2, -0.15) is 9.49 Å². The number of amides is 1. The molecule has 0 aliphatic carbocycles. The maximum Gasteiger partial charge on any atom is 0.257 e. The van der Waals surface area contributed by atoms with Crippen LogP contribution in [0.1, 0.15) is 42.9 Å². The van der Waals surface area contributed by atoms with E-state index >= 15 is 0 Å². The van der Waals surface area contributed by atoms with Crippen LogP contribution in [0.4, 0.5) is 19.0 Å². The summed E-state index contributed by atoms with van der Waals surface area (Å²) in [6, 6.07) is 11.8. The lowest BCUT2D eigenvalue weighted by Gasteiger charge is -2.15. The molecule has 194 valence electrons. The van der Waals surface area contributed by atoms with Gasteiger partial charge in [-0.1, -0.05) is 13.8 Å². The van der Waals surface area contributed by atoms with Gasteiger partial charge in [0.2, 0.25) is 5.95 Å². The summed E-state index contributed by atoms with van der Waals surface area (Å²) in [6.45, 7) is 5.47. The van der Waals surface area contributed by atoms with Gasteiger partial charge in [0.15, 0.2) is 11.5 Å². The lowest BCUT2D eigenvalue weighted by molar-refractivity contribution is 0.102. The summed E-state index contributed by atoms with van der Waals surface area (Å²) in [4.78, 5) is 25.2. The van der Waals surface area contributed by atoms with E-state index in [0.29, 0.717) is 34.1 Å². The summed E-state index contributed by atoms with van der Waals surface area (Å²) in [5.41, 5.74) is 2.83. The van der Waals surface area contributed by atoms with E-state index in [2.05, 4.69) is 20.4 Å². The molecule has 0 saturated carbocycles. The van der Waals surface area contributed by atoms with Gasteiger partial charge in [0, 0.05) is 29.3 Å². The molecule has 1 aromatic carbocycles. The highest BCUT2D eigenvalue weighted by molar-refractivity contribution is 6.03. The second kappa shape index (κ2) is 10.1. The van der Waals surface area contributed by atoms with E-state index in [1.165, 1.54) is 42.0 Å². The second-order valence-corrected chi connectivity index (χ2v) is 9.19. The zero-order valence-corrected chi connectivity index (χ0v) is 20.9. The van der Waals surface area contributed by atoms with Gasteiger partial charge in [-0.05, 0) is 49.4 Å². The highest BCUT2D eigenvalue weighted by Gasteiger charge is 2.24. The average Bonchev–Trinajstić information content (AvgIpc) is 3.44. The number of alkyl halides is 1.